The van der Waals surface area contributed by atoms with Crippen molar-refractivity contribution in [3.63, 3.8) is 0 Å². The largest absolute Gasteiger partial charge is 0.496 e. The zero-order valence-corrected chi connectivity index (χ0v) is 15.5. The van der Waals surface area contributed by atoms with Gasteiger partial charge in [0.25, 0.3) is 5.91 Å². The van der Waals surface area contributed by atoms with Gasteiger partial charge in [-0.05, 0) is 70.4 Å². The Labute approximate surface area is 153 Å². The van der Waals surface area contributed by atoms with Crippen molar-refractivity contribution in [1.29, 1.82) is 0 Å². The highest BCUT2D eigenvalue weighted by Gasteiger charge is 2.03. The fourth-order valence-corrected chi connectivity index (χ4v) is 2.51. The predicted octanol–water partition coefficient (Wildman–Crippen LogP) is 3.95. The molecule has 0 aliphatic carbocycles. The van der Waals surface area contributed by atoms with Crippen LogP contribution in [0.5, 0.6) is 11.5 Å². The Kier molecular flexibility index (Phi) is 6.63. The summed E-state index contributed by atoms with van der Waals surface area (Å²) in [6.07, 6.45) is 1.54. The number of methoxy groups -OCH3 is 1. The standard InChI is InChI=1S/C17H16BrClN2O3/c1-11-7-13(4-5-15(11)19)24-10-17(22)21-20-9-12-3-6-16(23-2)14(18)8-12/h3-9H,10H2,1-2H3,(H,21,22)/b20-9-. The van der Waals surface area contributed by atoms with Gasteiger partial charge >= 0.3 is 0 Å². The number of ether oxygens (including phenoxy) is 2. The maximum Gasteiger partial charge on any atom is 0.277 e. The number of nitrogens with one attached hydrogen (secondary N) is 1. The van der Waals surface area contributed by atoms with E-state index in [4.69, 9.17) is 21.1 Å². The molecule has 0 bridgehead atoms. The van der Waals surface area contributed by atoms with E-state index in [1.54, 1.807) is 31.4 Å². The van der Waals surface area contributed by atoms with Gasteiger partial charge in [-0.25, -0.2) is 5.43 Å². The summed E-state index contributed by atoms with van der Waals surface area (Å²) < 4.78 is 11.3. The van der Waals surface area contributed by atoms with Gasteiger partial charge in [0.1, 0.15) is 11.5 Å². The van der Waals surface area contributed by atoms with E-state index in [-0.39, 0.29) is 12.5 Å². The van der Waals surface area contributed by atoms with Crippen molar-refractivity contribution < 1.29 is 14.3 Å². The van der Waals surface area contributed by atoms with Crippen molar-refractivity contribution in [2.45, 2.75) is 6.92 Å². The van der Waals surface area contributed by atoms with Crippen LogP contribution in [0.3, 0.4) is 0 Å². The SMILES string of the molecule is COc1ccc(/C=N\NC(=O)COc2ccc(Cl)c(C)c2)cc1Br. The summed E-state index contributed by atoms with van der Waals surface area (Å²) in [5.41, 5.74) is 4.11. The van der Waals surface area contributed by atoms with Gasteiger partial charge in [-0.15, -0.1) is 0 Å². The number of aryl methyl sites for hydroxylation is 1. The number of rotatable bonds is 6. The van der Waals surface area contributed by atoms with Crippen molar-refractivity contribution in [1.82, 2.24) is 5.43 Å². The molecule has 0 unspecified atom stereocenters. The number of carbonyl (C=O) groups excluding carboxylic acids is 1. The highest BCUT2D eigenvalue weighted by molar-refractivity contribution is 9.10. The maximum atomic E-state index is 11.7. The lowest BCUT2D eigenvalue weighted by atomic mass is 10.2. The molecule has 2 aromatic carbocycles. The Hall–Kier alpha value is -2.05. The van der Waals surface area contributed by atoms with Crippen LogP contribution in [0.2, 0.25) is 5.02 Å². The number of hydrogen-bond donors (Lipinski definition) is 1. The Morgan fingerprint density at radius 1 is 1.33 bits per heavy atom. The number of carbonyl (C=O) groups is 1. The average molecular weight is 412 g/mol. The molecule has 2 aromatic rings. The Morgan fingerprint density at radius 3 is 2.79 bits per heavy atom. The van der Waals surface area contributed by atoms with Gasteiger partial charge in [0.15, 0.2) is 6.61 Å². The number of hydrazone groups is 1. The predicted molar refractivity (Wildman–Crippen MR) is 98.1 cm³/mol. The first-order valence-electron chi connectivity index (χ1n) is 7.04. The summed E-state index contributed by atoms with van der Waals surface area (Å²) in [4.78, 5) is 11.7. The van der Waals surface area contributed by atoms with Gasteiger partial charge in [-0.1, -0.05) is 11.6 Å². The maximum absolute atomic E-state index is 11.7. The zero-order valence-electron chi connectivity index (χ0n) is 13.2. The molecule has 0 spiro atoms. The summed E-state index contributed by atoms with van der Waals surface area (Å²) >= 11 is 9.32. The monoisotopic (exact) mass is 410 g/mol. The van der Waals surface area contributed by atoms with Crippen molar-refractivity contribution in [2.75, 3.05) is 13.7 Å². The molecule has 0 radical (unpaired) electrons. The van der Waals surface area contributed by atoms with Crippen LogP contribution in [0.4, 0.5) is 0 Å². The molecule has 2 rings (SSSR count). The van der Waals surface area contributed by atoms with E-state index in [1.165, 1.54) is 6.21 Å². The van der Waals surface area contributed by atoms with Gasteiger partial charge in [-0.3, -0.25) is 4.79 Å². The minimum atomic E-state index is -0.355. The Balaban J connectivity index is 1.84. The van der Waals surface area contributed by atoms with Crippen molar-refractivity contribution in [3.05, 3.63) is 57.0 Å². The lowest BCUT2D eigenvalue weighted by Gasteiger charge is -2.06. The number of amides is 1. The van der Waals surface area contributed by atoms with Crippen molar-refractivity contribution in [2.24, 2.45) is 5.10 Å². The molecule has 0 aliphatic rings. The fourth-order valence-electron chi connectivity index (χ4n) is 1.83. The number of nitrogens with zero attached hydrogens (tertiary/aromatic N) is 1. The fraction of sp³-hybridized carbons (Fsp3) is 0.176. The van der Waals surface area contributed by atoms with Crippen LogP contribution in [-0.2, 0) is 4.79 Å². The zero-order chi connectivity index (χ0) is 17.5. The highest BCUT2D eigenvalue weighted by Crippen LogP contribution is 2.24. The Bertz CT molecular complexity index is 765. The minimum Gasteiger partial charge on any atom is -0.496 e. The first kappa shape index (κ1) is 18.3. The second kappa shape index (κ2) is 8.70. The summed E-state index contributed by atoms with van der Waals surface area (Å²) in [5.74, 6) is 0.949. The van der Waals surface area contributed by atoms with Crippen molar-refractivity contribution in [3.8, 4) is 11.5 Å². The molecule has 5 nitrogen and oxygen atoms in total. The molecule has 1 amide bonds. The summed E-state index contributed by atoms with van der Waals surface area (Å²) in [5, 5.41) is 4.55. The topological polar surface area (TPSA) is 59.9 Å². The quantitative estimate of drug-likeness (QED) is 0.578. The van der Waals surface area contributed by atoms with E-state index < -0.39 is 0 Å². The van der Waals surface area contributed by atoms with E-state index in [0.717, 1.165) is 21.3 Å². The van der Waals surface area contributed by atoms with Gasteiger partial charge in [-0.2, -0.15) is 5.10 Å². The molecule has 0 heterocycles. The minimum absolute atomic E-state index is 0.134. The summed E-state index contributed by atoms with van der Waals surface area (Å²) in [6.45, 7) is 1.73. The number of benzene rings is 2. The molecule has 0 saturated heterocycles. The second-order valence-electron chi connectivity index (χ2n) is 4.89. The van der Waals surface area contributed by atoms with Gasteiger partial charge in [0, 0.05) is 5.02 Å². The van der Waals surface area contributed by atoms with Crippen LogP contribution in [0, 0.1) is 6.92 Å². The van der Waals surface area contributed by atoms with Crippen LogP contribution in [0.15, 0.2) is 46.0 Å². The molecule has 0 aromatic heterocycles. The van der Waals surface area contributed by atoms with Crippen LogP contribution in [-0.4, -0.2) is 25.8 Å². The van der Waals surface area contributed by atoms with E-state index in [0.29, 0.717) is 10.8 Å². The first-order chi connectivity index (χ1) is 11.5. The van der Waals surface area contributed by atoms with E-state index in [1.807, 2.05) is 19.1 Å². The smallest absolute Gasteiger partial charge is 0.277 e. The molecule has 126 valence electrons. The highest BCUT2D eigenvalue weighted by atomic mass is 79.9. The summed E-state index contributed by atoms with van der Waals surface area (Å²) in [7, 11) is 1.59. The normalized spacial score (nSPS) is 10.7. The molecular formula is C17H16BrClN2O3. The van der Waals surface area contributed by atoms with Gasteiger partial charge in [0.2, 0.25) is 0 Å². The van der Waals surface area contributed by atoms with E-state index >= 15 is 0 Å². The van der Waals surface area contributed by atoms with Crippen LogP contribution in [0.1, 0.15) is 11.1 Å². The third-order valence-corrected chi connectivity index (χ3v) is 4.12. The molecule has 0 atom stereocenters. The number of halogens is 2. The van der Waals surface area contributed by atoms with E-state index in [2.05, 4.69) is 26.5 Å². The molecule has 1 N–H and O–H groups in total. The molecule has 7 heteroatoms. The number of hydrogen-bond acceptors (Lipinski definition) is 4. The van der Waals surface area contributed by atoms with Crippen molar-refractivity contribution >= 4 is 39.7 Å². The lowest BCUT2D eigenvalue weighted by Crippen LogP contribution is -2.24. The molecule has 24 heavy (non-hydrogen) atoms. The molecule has 0 fully saturated rings. The first-order valence-corrected chi connectivity index (χ1v) is 8.21. The molecular weight excluding hydrogens is 396 g/mol. The van der Waals surface area contributed by atoms with Crippen LogP contribution < -0.4 is 14.9 Å². The van der Waals surface area contributed by atoms with Crippen LogP contribution in [0.25, 0.3) is 0 Å². The average Bonchev–Trinajstić information content (AvgIpc) is 2.56. The van der Waals surface area contributed by atoms with Crippen LogP contribution >= 0.6 is 27.5 Å². The summed E-state index contributed by atoms with van der Waals surface area (Å²) in [6, 6.07) is 10.7. The second-order valence-corrected chi connectivity index (χ2v) is 6.15. The van der Waals surface area contributed by atoms with Gasteiger partial charge in [0.05, 0.1) is 17.8 Å². The van der Waals surface area contributed by atoms with E-state index in [9.17, 15) is 4.79 Å². The lowest BCUT2D eigenvalue weighted by molar-refractivity contribution is -0.123. The Morgan fingerprint density at radius 2 is 2.12 bits per heavy atom. The third kappa shape index (κ3) is 5.25. The molecule has 0 saturated carbocycles. The molecule has 0 aliphatic heterocycles. The third-order valence-electron chi connectivity index (χ3n) is 3.08. The van der Waals surface area contributed by atoms with Gasteiger partial charge < -0.3 is 9.47 Å².